The van der Waals surface area contributed by atoms with Crippen LogP contribution in [0.25, 0.3) is 0 Å². The summed E-state index contributed by atoms with van der Waals surface area (Å²) in [6, 6.07) is 15.5. The first-order valence-corrected chi connectivity index (χ1v) is 9.95. The van der Waals surface area contributed by atoms with Gasteiger partial charge in [0, 0.05) is 18.7 Å². The Hall–Kier alpha value is -4.34. The van der Waals surface area contributed by atoms with Crippen LogP contribution in [0.3, 0.4) is 0 Å². The molecule has 1 unspecified atom stereocenters. The van der Waals surface area contributed by atoms with E-state index in [9.17, 15) is 19.2 Å². The third-order valence-corrected chi connectivity index (χ3v) is 5.41. The second kappa shape index (κ2) is 7.73. The van der Waals surface area contributed by atoms with Gasteiger partial charge in [-0.05, 0) is 24.3 Å². The molecule has 0 aliphatic carbocycles. The van der Waals surface area contributed by atoms with Crippen molar-refractivity contribution in [3.8, 4) is 0 Å². The fourth-order valence-electron chi connectivity index (χ4n) is 3.87. The molecular weight excluding hydrogens is 414 g/mol. The summed E-state index contributed by atoms with van der Waals surface area (Å²) in [5.41, 5.74) is 1.31. The molecule has 1 fully saturated rings. The normalized spacial score (nSPS) is 17.8. The van der Waals surface area contributed by atoms with Crippen molar-refractivity contribution in [3.63, 3.8) is 0 Å². The van der Waals surface area contributed by atoms with Gasteiger partial charge in [0.1, 0.15) is 6.54 Å². The monoisotopic (exact) mass is 431 g/mol. The van der Waals surface area contributed by atoms with Gasteiger partial charge in [-0.2, -0.15) is 0 Å². The van der Waals surface area contributed by atoms with Crippen LogP contribution in [-0.4, -0.2) is 51.8 Å². The van der Waals surface area contributed by atoms with E-state index in [0.717, 1.165) is 10.6 Å². The van der Waals surface area contributed by atoms with Gasteiger partial charge in [-0.25, -0.2) is 0 Å². The third kappa shape index (κ3) is 3.41. The molecule has 0 spiro atoms. The largest absolute Gasteiger partial charge is 0.407 e. The number of amides is 4. The number of imide groups is 1. The van der Waals surface area contributed by atoms with Crippen molar-refractivity contribution in [3.05, 3.63) is 71.6 Å². The molecule has 1 N–H and O–H groups in total. The molecule has 3 aromatic rings. The smallest absolute Gasteiger partial charge is 0.322 e. The molecule has 1 aromatic heterocycles. The first-order chi connectivity index (χ1) is 15.5. The molecule has 10 heteroatoms. The van der Waals surface area contributed by atoms with Gasteiger partial charge in [-0.15, -0.1) is 5.10 Å². The van der Waals surface area contributed by atoms with Crippen molar-refractivity contribution in [1.29, 1.82) is 0 Å². The highest BCUT2D eigenvalue weighted by molar-refractivity contribution is 6.22. The molecule has 0 radical (unpaired) electrons. The Kier molecular flexibility index (Phi) is 4.74. The number of carbonyl (C=O) groups excluding carboxylic acids is 4. The summed E-state index contributed by atoms with van der Waals surface area (Å²) in [5, 5.41) is 10.2. The number of benzene rings is 2. The van der Waals surface area contributed by atoms with E-state index in [1.165, 1.54) is 0 Å². The highest BCUT2D eigenvalue weighted by Crippen LogP contribution is 2.31. The molecule has 4 amide bonds. The Balaban J connectivity index is 1.23. The number of nitrogens with one attached hydrogen (secondary N) is 1. The lowest BCUT2D eigenvalue weighted by atomic mass is 10.1. The Labute approximate surface area is 181 Å². The fraction of sp³-hybridized carbons (Fsp3) is 0.182. The summed E-state index contributed by atoms with van der Waals surface area (Å²) >= 11 is 0. The van der Waals surface area contributed by atoms with E-state index in [-0.39, 0.29) is 41.3 Å². The summed E-state index contributed by atoms with van der Waals surface area (Å²) in [4.78, 5) is 52.1. The molecule has 1 saturated heterocycles. The standard InChI is InChI=1S/C22H17N5O5/c28-17(12-27-20(30)15-8-4-5-9-16(15)21(27)31)23-22-25-24-19(32-22)13-10-18(29)26(11-13)14-6-2-1-3-7-14/h1-9,13H,10-12H2,(H,23,25,28). The van der Waals surface area contributed by atoms with Gasteiger partial charge < -0.3 is 9.32 Å². The number of hydrogen-bond acceptors (Lipinski definition) is 7. The van der Waals surface area contributed by atoms with E-state index in [1.54, 1.807) is 29.2 Å². The second-order valence-corrected chi connectivity index (χ2v) is 7.48. The van der Waals surface area contributed by atoms with E-state index in [0.29, 0.717) is 6.54 Å². The molecule has 32 heavy (non-hydrogen) atoms. The number of aromatic nitrogens is 2. The van der Waals surface area contributed by atoms with Gasteiger partial charge >= 0.3 is 6.01 Å². The molecule has 3 heterocycles. The van der Waals surface area contributed by atoms with Gasteiger partial charge in [0.15, 0.2) is 0 Å². The molecule has 2 aromatic carbocycles. The Bertz CT molecular complexity index is 1200. The maximum atomic E-state index is 12.4. The minimum atomic E-state index is -0.650. The molecular formula is C22H17N5O5. The van der Waals surface area contributed by atoms with Crippen LogP contribution >= 0.6 is 0 Å². The maximum Gasteiger partial charge on any atom is 0.322 e. The molecule has 2 aliphatic heterocycles. The average Bonchev–Trinajstić information content (AvgIpc) is 3.48. The number of nitrogens with zero attached hydrogens (tertiary/aromatic N) is 4. The van der Waals surface area contributed by atoms with Crippen LogP contribution in [0.2, 0.25) is 0 Å². The van der Waals surface area contributed by atoms with Gasteiger partial charge in [0.2, 0.25) is 17.7 Å². The minimum Gasteiger partial charge on any atom is -0.407 e. The van der Waals surface area contributed by atoms with Gasteiger partial charge in [0.25, 0.3) is 11.8 Å². The van der Waals surface area contributed by atoms with Gasteiger partial charge in [-0.1, -0.05) is 35.4 Å². The van der Waals surface area contributed by atoms with Crippen molar-refractivity contribution in [2.75, 3.05) is 23.3 Å². The Morgan fingerprint density at radius 1 is 0.969 bits per heavy atom. The number of carbonyl (C=O) groups is 4. The summed E-state index contributed by atoms with van der Waals surface area (Å²) < 4.78 is 5.53. The molecule has 5 rings (SSSR count). The zero-order valence-electron chi connectivity index (χ0n) is 16.7. The molecule has 0 saturated carbocycles. The van der Waals surface area contributed by atoms with E-state index < -0.39 is 24.3 Å². The maximum absolute atomic E-state index is 12.4. The predicted octanol–water partition coefficient (Wildman–Crippen LogP) is 1.82. The number of hydrogen-bond donors (Lipinski definition) is 1. The summed E-state index contributed by atoms with van der Waals surface area (Å²) in [7, 11) is 0. The summed E-state index contributed by atoms with van der Waals surface area (Å²) in [5.74, 6) is -1.85. The highest BCUT2D eigenvalue weighted by Gasteiger charge is 2.37. The fourth-order valence-corrected chi connectivity index (χ4v) is 3.87. The van der Waals surface area contributed by atoms with Crippen molar-refractivity contribution >= 4 is 35.3 Å². The van der Waals surface area contributed by atoms with E-state index in [1.807, 2.05) is 30.3 Å². The zero-order chi connectivity index (χ0) is 22.2. The Morgan fingerprint density at radius 3 is 2.31 bits per heavy atom. The number of anilines is 2. The van der Waals surface area contributed by atoms with Crippen molar-refractivity contribution in [2.24, 2.45) is 0 Å². The summed E-state index contributed by atoms with van der Waals surface area (Å²) in [6.45, 7) is -0.0960. The predicted molar refractivity (Wildman–Crippen MR) is 111 cm³/mol. The quantitative estimate of drug-likeness (QED) is 0.611. The molecule has 0 bridgehead atoms. The SMILES string of the molecule is O=C(CN1C(=O)c2ccccc2C1=O)Nc1nnc(C2CC(=O)N(c3ccccc3)C2)o1. The van der Waals surface area contributed by atoms with Crippen LogP contribution in [0, 0.1) is 0 Å². The second-order valence-electron chi connectivity index (χ2n) is 7.48. The number of rotatable bonds is 5. The van der Waals surface area contributed by atoms with Crippen molar-refractivity contribution < 1.29 is 23.6 Å². The van der Waals surface area contributed by atoms with E-state index in [2.05, 4.69) is 15.5 Å². The summed E-state index contributed by atoms with van der Waals surface area (Å²) in [6.07, 6.45) is 0.208. The first-order valence-electron chi connectivity index (χ1n) is 9.95. The molecule has 10 nitrogen and oxygen atoms in total. The van der Waals surface area contributed by atoms with Crippen LogP contribution in [0.1, 0.15) is 38.9 Å². The first kappa shape index (κ1) is 19.6. The zero-order valence-corrected chi connectivity index (χ0v) is 16.7. The third-order valence-electron chi connectivity index (χ3n) is 5.41. The van der Waals surface area contributed by atoms with Crippen molar-refractivity contribution in [1.82, 2.24) is 15.1 Å². The number of para-hydroxylation sites is 1. The topological polar surface area (TPSA) is 126 Å². The highest BCUT2D eigenvalue weighted by atomic mass is 16.4. The van der Waals surface area contributed by atoms with Crippen LogP contribution in [0.4, 0.5) is 11.7 Å². The van der Waals surface area contributed by atoms with Crippen LogP contribution in [-0.2, 0) is 9.59 Å². The van der Waals surface area contributed by atoms with Gasteiger partial charge in [0.05, 0.1) is 17.0 Å². The molecule has 1 atom stereocenters. The van der Waals surface area contributed by atoms with E-state index in [4.69, 9.17) is 4.42 Å². The Morgan fingerprint density at radius 2 is 1.62 bits per heavy atom. The van der Waals surface area contributed by atoms with Crippen LogP contribution in [0.5, 0.6) is 0 Å². The lowest BCUT2D eigenvalue weighted by molar-refractivity contribution is -0.117. The van der Waals surface area contributed by atoms with E-state index >= 15 is 0 Å². The lowest BCUT2D eigenvalue weighted by Gasteiger charge is -2.15. The average molecular weight is 431 g/mol. The van der Waals surface area contributed by atoms with Crippen LogP contribution < -0.4 is 10.2 Å². The molecule has 160 valence electrons. The molecule has 2 aliphatic rings. The minimum absolute atomic E-state index is 0.0596. The van der Waals surface area contributed by atoms with Gasteiger partial charge in [-0.3, -0.25) is 29.4 Å². The number of fused-ring (bicyclic) bond motifs is 1. The van der Waals surface area contributed by atoms with Crippen molar-refractivity contribution in [2.45, 2.75) is 12.3 Å². The lowest BCUT2D eigenvalue weighted by Crippen LogP contribution is -2.37. The van der Waals surface area contributed by atoms with Crippen LogP contribution in [0.15, 0.2) is 59.0 Å².